The number of hydrogen-bond donors (Lipinski definition) is 1. The number of halogens is 2. The average molecular weight is 382 g/mol. The number of ether oxygens (including phenoxy) is 2. The molecule has 1 saturated heterocycles. The molecule has 0 bridgehead atoms. The standard InChI is InChI=1S/C19H21Cl2NO3/c1-19(2)24-16-12(9-15(23)17(16)25-19)6-4-10-3-5-11-8-13(20)18(21)22-14(11)7-10/h3,5,7-8,12,15-17,23H,4,6,9H2,1-2H3/t12-,15-,16+,17-/m0/s1. The lowest BCUT2D eigenvalue weighted by Crippen LogP contribution is -2.28. The predicted molar refractivity (Wildman–Crippen MR) is 98.0 cm³/mol. The van der Waals surface area contributed by atoms with Gasteiger partial charge < -0.3 is 14.6 Å². The fourth-order valence-corrected chi connectivity index (χ4v) is 4.32. The highest BCUT2D eigenvalue weighted by Gasteiger charge is 2.53. The van der Waals surface area contributed by atoms with Crippen molar-refractivity contribution < 1.29 is 14.6 Å². The van der Waals surface area contributed by atoms with Crippen LogP contribution in [-0.4, -0.2) is 34.2 Å². The maximum atomic E-state index is 10.3. The Hall–Kier alpha value is -0.910. The molecule has 4 nitrogen and oxygen atoms in total. The highest BCUT2D eigenvalue weighted by molar-refractivity contribution is 6.41. The van der Waals surface area contributed by atoms with Crippen LogP contribution >= 0.6 is 23.2 Å². The van der Waals surface area contributed by atoms with E-state index in [9.17, 15) is 5.11 Å². The normalized spacial score (nSPS) is 30.8. The van der Waals surface area contributed by atoms with Gasteiger partial charge in [0.2, 0.25) is 0 Å². The first-order chi connectivity index (χ1) is 11.8. The summed E-state index contributed by atoms with van der Waals surface area (Å²) in [5, 5.41) is 12.0. The maximum Gasteiger partial charge on any atom is 0.163 e. The van der Waals surface area contributed by atoms with Gasteiger partial charge in [0.15, 0.2) is 5.79 Å². The zero-order chi connectivity index (χ0) is 17.8. The number of pyridine rings is 1. The molecule has 1 aromatic carbocycles. The molecule has 134 valence electrons. The van der Waals surface area contributed by atoms with Crippen molar-refractivity contribution >= 4 is 34.1 Å². The van der Waals surface area contributed by atoms with Crippen LogP contribution < -0.4 is 0 Å². The first kappa shape index (κ1) is 17.5. The molecule has 6 heteroatoms. The average Bonchev–Trinajstić information content (AvgIpc) is 3.01. The van der Waals surface area contributed by atoms with Crippen molar-refractivity contribution in [3.05, 3.63) is 40.0 Å². The topological polar surface area (TPSA) is 51.6 Å². The van der Waals surface area contributed by atoms with E-state index in [0.717, 1.165) is 30.2 Å². The molecule has 1 aliphatic heterocycles. The summed E-state index contributed by atoms with van der Waals surface area (Å²) in [5.41, 5.74) is 2.03. The predicted octanol–water partition coefficient (Wildman–Crippen LogP) is 4.38. The van der Waals surface area contributed by atoms with Crippen molar-refractivity contribution in [1.29, 1.82) is 0 Å². The van der Waals surface area contributed by atoms with Crippen molar-refractivity contribution in [1.82, 2.24) is 4.98 Å². The lowest BCUT2D eigenvalue weighted by molar-refractivity contribution is -0.166. The molecule has 4 rings (SSSR count). The van der Waals surface area contributed by atoms with Gasteiger partial charge in [0.05, 0.1) is 22.7 Å². The van der Waals surface area contributed by atoms with Gasteiger partial charge in [-0.05, 0) is 56.7 Å². The van der Waals surface area contributed by atoms with Crippen LogP contribution in [-0.2, 0) is 15.9 Å². The van der Waals surface area contributed by atoms with Crippen molar-refractivity contribution in [3.8, 4) is 0 Å². The Bertz CT molecular complexity index is 811. The van der Waals surface area contributed by atoms with E-state index in [0.29, 0.717) is 16.1 Å². The van der Waals surface area contributed by atoms with Gasteiger partial charge >= 0.3 is 0 Å². The first-order valence-electron chi connectivity index (χ1n) is 8.61. The molecular formula is C19H21Cl2NO3. The Morgan fingerprint density at radius 1 is 1.20 bits per heavy atom. The number of aromatic nitrogens is 1. The minimum absolute atomic E-state index is 0.0307. The van der Waals surface area contributed by atoms with E-state index in [1.165, 1.54) is 5.56 Å². The smallest absolute Gasteiger partial charge is 0.163 e. The van der Waals surface area contributed by atoms with E-state index in [1.54, 1.807) is 0 Å². The monoisotopic (exact) mass is 381 g/mol. The van der Waals surface area contributed by atoms with Crippen LogP contribution in [0.3, 0.4) is 0 Å². The molecule has 2 fully saturated rings. The van der Waals surface area contributed by atoms with Crippen LogP contribution in [0.5, 0.6) is 0 Å². The molecule has 1 N–H and O–H groups in total. The number of nitrogens with zero attached hydrogens (tertiary/aromatic N) is 1. The Morgan fingerprint density at radius 2 is 1.96 bits per heavy atom. The lowest BCUT2D eigenvalue weighted by Gasteiger charge is -2.22. The Labute approximate surface area is 157 Å². The molecular weight excluding hydrogens is 361 g/mol. The van der Waals surface area contributed by atoms with Crippen LogP contribution in [0.15, 0.2) is 24.3 Å². The van der Waals surface area contributed by atoms with Gasteiger partial charge in [-0.1, -0.05) is 35.3 Å². The van der Waals surface area contributed by atoms with E-state index < -0.39 is 11.9 Å². The molecule has 1 aliphatic carbocycles. The summed E-state index contributed by atoms with van der Waals surface area (Å²) in [6.07, 6.45) is 1.86. The first-order valence-corrected chi connectivity index (χ1v) is 9.36. The van der Waals surface area contributed by atoms with Crippen molar-refractivity contribution in [3.63, 3.8) is 0 Å². The number of fused-ring (bicyclic) bond motifs is 2. The zero-order valence-corrected chi connectivity index (χ0v) is 15.7. The highest BCUT2D eigenvalue weighted by Crippen LogP contribution is 2.43. The third kappa shape index (κ3) is 3.38. The fraction of sp³-hybridized carbons (Fsp3) is 0.526. The SMILES string of the molecule is CC1(C)O[C@@H]2[C@@H](CCc3ccc4cc(Cl)c(Cl)nc4c3)C[C@H](O)[C@@H]2O1. The Kier molecular flexibility index (Phi) is 4.45. The van der Waals surface area contributed by atoms with Gasteiger partial charge in [0.1, 0.15) is 11.3 Å². The van der Waals surface area contributed by atoms with Crippen LogP contribution in [0.2, 0.25) is 10.2 Å². The third-order valence-electron chi connectivity index (χ3n) is 5.15. The van der Waals surface area contributed by atoms with E-state index >= 15 is 0 Å². The number of hydrogen-bond acceptors (Lipinski definition) is 4. The van der Waals surface area contributed by atoms with Gasteiger partial charge in [-0.3, -0.25) is 0 Å². The fourth-order valence-electron chi connectivity index (χ4n) is 4.01. The number of aliphatic hydroxyl groups is 1. The van der Waals surface area contributed by atoms with E-state index in [2.05, 4.69) is 17.1 Å². The minimum Gasteiger partial charge on any atom is -0.390 e. The molecule has 0 amide bonds. The molecule has 0 unspecified atom stereocenters. The van der Waals surface area contributed by atoms with Crippen LogP contribution in [0.4, 0.5) is 0 Å². The van der Waals surface area contributed by atoms with Gasteiger partial charge in [-0.15, -0.1) is 0 Å². The summed E-state index contributed by atoms with van der Waals surface area (Å²) in [6.45, 7) is 3.80. The molecule has 0 radical (unpaired) electrons. The molecule has 2 heterocycles. The van der Waals surface area contributed by atoms with Gasteiger partial charge in [-0.2, -0.15) is 0 Å². The number of aryl methyl sites for hydroxylation is 1. The number of aliphatic hydroxyl groups excluding tert-OH is 1. The summed E-state index contributed by atoms with van der Waals surface area (Å²) in [4.78, 5) is 4.35. The van der Waals surface area contributed by atoms with Crippen LogP contribution in [0, 0.1) is 5.92 Å². The lowest BCUT2D eigenvalue weighted by atomic mass is 9.95. The van der Waals surface area contributed by atoms with Crippen molar-refractivity contribution in [2.24, 2.45) is 5.92 Å². The van der Waals surface area contributed by atoms with Crippen molar-refractivity contribution in [2.45, 2.75) is 57.2 Å². The van der Waals surface area contributed by atoms with E-state index in [1.807, 2.05) is 26.0 Å². The van der Waals surface area contributed by atoms with E-state index in [-0.39, 0.29) is 12.2 Å². The zero-order valence-electron chi connectivity index (χ0n) is 14.2. The second kappa shape index (κ2) is 6.36. The largest absolute Gasteiger partial charge is 0.390 e. The Morgan fingerprint density at radius 3 is 2.76 bits per heavy atom. The summed E-state index contributed by atoms with van der Waals surface area (Å²) in [6, 6.07) is 7.99. The molecule has 4 atom stereocenters. The molecule has 2 aliphatic rings. The number of rotatable bonds is 3. The van der Waals surface area contributed by atoms with E-state index in [4.69, 9.17) is 32.7 Å². The highest BCUT2D eigenvalue weighted by atomic mass is 35.5. The maximum absolute atomic E-state index is 10.3. The molecule has 1 aromatic heterocycles. The van der Waals surface area contributed by atoms with Gasteiger partial charge in [0, 0.05) is 5.39 Å². The second-order valence-corrected chi connectivity index (χ2v) is 8.22. The summed E-state index contributed by atoms with van der Waals surface area (Å²) >= 11 is 12.0. The summed E-state index contributed by atoms with van der Waals surface area (Å²) in [7, 11) is 0. The molecule has 25 heavy (non-hydrogen) atoms. The quantitative estimate of drug-likeness (QED) is 0.801. The second-order valence-electron chi connectivity index (χ2n) is 7.45. The van der Waals surface area contributed by atoms with Gasteiger partial charge in [0.25, 0.3) is 0 Å². The van der Waals surface area contributed by atoms with Crippen LogP contribution in [0.25, 0.3) is 10.9 Å². The van der Waals surface area contributed by atoms with Gasteiger partial charge in [-0.25, -0.2) is 4.98 Å². The minimum atomic E-state index is -0.613. The molecule has 2 aromatic rings. The number of benzene rings is 1. The molecule has 1 saturated carbocycles. The van der Waals surface area contributed by atoms with Crippen molar-refractivity contribution in [2.75, 3.05) is 0 Å². The Balaban J connectivity index is 1.48. The van der Waals surface area contributed by atoms with Crippen LogP contribution in [0.1, 0.15) is 32.3 Å². The summed E-state index contributed by atoms with van der Waals surface area (Å²) < 4.78 is 11.9. The third-order valence-corrected chi connectivity index (χ3v) is 5.82. The summed E-state index contributed by atoms with van der Waals surface area (Å²) in [5.74, 6) is -0.322. The molecule has 0 spiro atoms.